The summed E-state index contributed by atoms with van der Waals surface area (Å²) in [5.74, 6) is 0.939. The fraction of sp³-hybridized carbons (Fsp3) is 0.222. The molecule has 2 aromatic carbocycles. The minimum atomic E-state index is 0.0936. The molecule has 0 amide bonds. The number of rotatable bonds is 4. The summed E-state index contributed by atoms with van der Waals surface area (Å²) in [6.45, 7) is 2.55. The Balaban J connectivity index is 2.08. The molecule has 1 unspecified atom stereocenters. The van der Waals surface area contributed by atoms with E-state index in [2.05, 4.69) is 30.1 Å². The summed E-state index contributed by atoms with van der Waals surface area (Å²) >= 11 is 0. The fourth-order valence-corrected chi connectivity index (χ4v) is 2.91. The summed E-state index contributed by atoms with van der Waals surface area (Å²) < 4.78 is 5.89. The van der Waals surface area contributed by atoms with Gasteiger partial charge in [-0.2, -0.15) is 0 Å². The van der Waals surface area contributed by atoms with Gasteiger partial charge in [0.15, 0.2) is 0 Å². The van der Waals surface area contributed by atoms with Crippen LogP contribution in [0.5, 0.6) is 0 Å². The molecule has 0 spiro atoms. The second-order valence-corrected chi connectivity index (χ2v) is 5.27. The first-order valence-corrected chi connectivity index (χ1v) is 7.18. The Morgan fingerprint density at radius 3 is 2.43 bits per heavy atom. The molecular weight excluding hydrogens is 260 g/mol. The number of nitrogens with zero attached hydrogens (tertiary/aromatic N) is 1. The molecule has 108 valence electrons. The summed E-state index contributed by atoms with van der Waals surface area (Å²) in [6.07, 6.45) is 0. The highest BCUT2D eigenvalue weighted by molar-refractivity contribution is 5.83. The Hall–Kier alpha value is -2.26. The van der Waals surface area contributed by atoms with Crippen molar-refractivity contribution in [1.29, 1.82) is 0 Å². The van der Waals surface area contributed by atoms with Crippen LogP contribution < -0.4 is 10.6 Å². The van der Waals surface area contributed by atoms with Gasteiger partial charge < -0.3 is 15.1 Å². The minimum absolute atomic E-state index is 0.0936. The fourth-order valence-electron chi connectivity index (χ4n) is 2.91. The van der Waals surface area contributed by atoms with E-state index in [9.17, 15) is 0 Å². The number of likely N-dealkylation sites (N-methyl/N-ethyl adjacent to an activating group) is 1. The second kappa shape index (κ2) is 5.62. The Kier molecular flexibility index (Phi) is 3.67. The maximum Gasteiger partial charge on any atom is 0.134 e. The van der Waals surface area contributed by atoms with Crippen molar-refractivity contribution < 1.29 is 4.42 Å². The quantitative estimate of drug-likeness (QED) is 0.788. The van der Waals surface area contributed by atoms with E-state index in [1.54, 1.807) is 0 Å². The van der Waals surface area contributed by atoms with Crippen molar-refractivity contribution in [2.45, 2.75) is 13.0 Å². The largest absolute Gasteiger partial charge is 0.461 e. The van der Waals surface area contributed by atoms with E-state index in [0.717, 1.165) is 22.4 Å². The molecule has 1 aromatic heterocycles. The predicted octanol–water partition coefficient (Wildman–Crippen LogP) is 3.88. The number of hydrogen-bond donors (Lipinski definition) is 1. The minimum Gasteiger partial charge on any atom is -0.461 e. The monoisotopic (exact) mass is 280 g/mol. The molecule has 21 heavy (non-hydrogen) atoms. The molecule has 0 bridgehead atoms. The lowest BCUT2D eigenvalue weighted by Crippen LogP contribution is -2.30. The summed E-state index contributed by atoms with van der Waals surface area (Å²) in [6, 6.07) is 18.5. The van der Waals surface area contributed by atoms with Crippen molar-refractivity contribution in [1.82, 2.24) is 0 Å². The average Bonchev–Trinajstić information content (AvgIpc) is 2.85. The van der Waals surface area contributed by atoms with Crippen molar-refractivity contribution >= 4 is 16.7 Å². The lowest BCUT2D eigenvalue weighted by molar-refractivity contribution is 0.558. The number of furan rings is 1. The SMILES string of the molecule is Cc1oc2ccccc2c1C(CN)N(C)c1ccccc1. The smallest absolute Gasteiger partial charge is 0.134 e. The van der Waals surface area contributed by atoms with E-state index < -0.39 is 0 Å². The van der Waals surface area contributed by atoms with Crippen LogP contribution in [0.15, 0.2) is 59.0 Å². The first-order valence-electron chi connectivity index (χ1n) is 7.18. The van der Waals surface area contributed by atoms with Gasteiger partial charge in [-0.1, -0.05) is 36.4 Å². The van der Waals surface area contributed by atoms with Crippen LogP contribution in [0.2, 0.25) is 0 Å². The highest BCUT2D eigenvalue weighted by Gasteiger charge is 2.23. The molecule has 0 saturated heterocycles. The van der Waals surface area contributed by atoms with Gasteiger partial charge in [0.2, 0.25) is 0 Å². The lowest BCUT2D eigenvalue weighted by atomic mass is 10.0. The van der Waals surface area contributed by atoms with Crippen LogP contribution in [-0.4, -0.2) is 13.6 Å². The third-order valence-electron chi connectivity index (χ3n) is 4.01. The molecule has 3 nitrogen and oxygen atoms in total. The number of hydrogen-bond acceptors (Lipinski definition) is 3. The van der Waals surface area contributed by atoms with Gasteiger partial charge in [0.25, 0.3) is 0 Å². The normalized spacial score (nSPS) is 12.5. The van der Waals surface area contributed by atoms with E-state index in [1.165, 1.54) is 5.56 Å². The molecule has 1 heterocycles. The number of aryl methyl sites for hydroxylation is 1. The highest BCUT2D eigenvalue weighted by Crippen LogP contribution is 2.34. The van der Waals surface area contributed by atoms with E-state index in [4.69, 9.17) is 10.2 Å². The molecular formula is C18H20N2O. The third kappa shape index (κ3) is 2.41. The number of anilines is 1. The number of benzene rings is 2. The van der Waals surface area contributed by atoms with Crippen molar-refractivity contribution in [2.75, 3.05) is 18.5 Å². The van der Waals surface area contributed by atoms with Gasteiger partial charge in [-0.15, -0.1) is 0 Å². The molecule has 0 aliphatic heterocycles. The zero-order chi connectivity index (χ0) is 14.8. The molecule has 0 fully saturated rings. The van der Waals surface area contributed by atoms with Crippen LogP contribution in [0, 0.1) is 6.92 Å². The predicted molar refractivity (Wildman–Crippen MR) is 87.6 cm³/mol. The van der Waals surface area contributed by atoms with Gasteiger partial charge >= 0.3 is 0 Å². The standard InChI is InChI=1S/C18H20N2O/c1-13-18(15-10-6-7-11-17(15)21-13)16(12-19)20(2)14-8-4-3-5-9-14/h3-11,16H,12,19H2,1-2H3. The third-order valence-corrected chi connectivity index (χ3v) is 4.01. The summed E-state index contributed by atoms with van der Waals surface area (Å²) in [7, 11) is 2.08. The van der Waals surface area contributed by atoms with Crippen LogP contribution >= 0.6 is 0 Å². The molecule has 0 saturated carbocycles. The van der Waals surface area contributed by atoms with Crippen LogP contribution in [0.1, 0.15) is 17.4 Å². The molecule has 3 heteroatoms. The van der Waals surface area contributed by atoms with Crippen molar-refractivity contribution in [3.05, 3.63) is 65.9 Å². The molecule has 0 radical (unpaired) electrons. The second-order valence-electron chi connectivity index (χ2n) is 5.27. The first kappa shape index (κ1) is 13.7. The Bertz CT molecular complexity index is 733. The molecule has 0 aliphatic rings. The maximum atomic E-state index is 6.08. The van der Waals surface area contributed by atoms with E-state index >= 15 is 0 Å². The molecule has 3 aromatic rings. The van der Waals surface area contributed by atoms with Gasteiger partial charge in [-0.25, -0.2) is 0 Å². The molecule has 0 aliphatic carbocycles. The van der Waals surface area contributed by atoms with Gasteiger partial charge in [0.1, 0.15) is 11.3 Å². The zero-order valence-electron chi connectivity index (χ0n) is 12.4. The topological polar surface area (TPSA) is 42.4 Å². The molecule has 2 N–H and O–H groups in total. The number of nitrogens with two attached hydrogens (primary N) is 1. The van der Waals surface area contributed by atoms with Crippen molar-refractivity contribution in [3.63, 3.8) is 0 Å². The average molecular weight is 280 g/mol. The maximum absolute atomic E-state index is 6.08. The molecule has 3 rings (SSSR count). The van der Waals surface area contributed by atoms with Gasteiger partial charge in [-0.05, 0) is 25.1 Å². The Morgan fingerprint density at radius 2 is 1.71 bits per heavy atom. The lowest BCUT2D eigenvalue weighted by Gasteiger charge is -2.29. The summed E-state index contributed by atoms with van der Waals surface area (Å²) in [4.78, 5) is 2.21. The Morgan fingerprint density at radius 1 is 1.05 bits per heavy atom. The van der Waals surface area contributed by atoms with Crippen LogP contribution in [0.3, 0.4) is 0 Å². The van der Waals surface area contributed by atoms with Crippen LogP contribution in [-0.2, 0) is 0 Å². The van der Waals surface area contributed by atoms with Gasteiger partial charge in [-0.3, -0.25) is 0 Å². The number of fused-ring (bicyclic) bond motifs is 1. The zero-order valence-corrected chi connectivity index (χ0v) is 12.4. The molecule has 1 atom stereocenters. The summed E-state index contributed by atoms with van der Waals surface area (Å²) in [5, 5.41) is 1.15. The summed E-state index contributed by atoms with van der Waals surface area (Å²) in [5.41, 5.74) is 9.33. The van der Waals surface area contributed by atoms with Crippen molar-refractivity contribution in [2.24, 2.45) is 5.73 Å². The van der Waals surface area contributed by atoms with Crippen LogP contribution in [0.4, 0.5) is 5.69 Å². The highest BCUT2D eigenvalue weighted by atomic mass is 16.3. The van der Waals surface area contributed by atoms with Gasteiger partial charge in [0, 0.05) is 30.2 Å². The number of para-hydroxylation sites is 2. The van der Waals surface area contributed by atoms with Crippen LogP contribution in [0.25, 0.3) is 11.0 Å². The van der Waals surface area contributed by atoms with E-state index in [0.29, 0.717) is 6.54 Å². The van der Waals surface area contributed by atoms with E-state index in [-0.39, 0.29) is 6.04 Å². The van der Waals surface area contributed by atoms with Crippen molar-refractivity contribution in [3.8, 4) is 0 Å². The first-order chi connectivity index (χ1) is 10.2. The van der Waals surface area contributed by atoms with E-state index in [1.807, 2.05) is 43.3 Å². The van der Waals surface area contributed by atoms with Gasteiger partial charge in [0.05, 0.1) is 6.04 Å². The Labute approximate surface area is 125 Å².